The van der Waals surface area contributed by atoms with Crippen LogP contribution in [0.1, 0.15) is 57.8 Å². The predicted octanol–water partition coefficient (Wildman–Crippen LogP) is 2.45. The van der Waals surface area contributed by atoms with Crippen LogP contribution in [0.3, 0.4) is 0 Å². The van der Waals surface area contributed by atoms with Gasteiger partial charge in [-0.3, -0.25) is 14.4 Å². The molecule has 0 aromatic carbocycles. The Morgan fingerprint density at radius 2 is 0.881 bits per heavy atom. The molecular weight excluding hydrogens is 556 g/mol. The highest BCUT2D eigenvalue weighted by Crippen LogP contribution is 2.21. The first-order valence-corrected chi connectivity index (χ1v) is 13.7. The zero-order valence-corrected chi connectivity index (χ0v) is 23.8. The van der Waals surface area contributed by atoms with Crippen LogP contribution in [0.5, 0.6) is 0 Å². The lowest BCUT2D eigenvalue weighted by molar-refractivity contribution is -0.211. The molecule has 13 heteroatoms. The minimum Gasteiger partial charge on any atom is -0.463 e. The van der Waals surface area contributed by atoms with Crippen LogP contribution < -0.4 is 0 Å². The van der Waals surface area contributed by atoms with E-state index < -0.39 is 54.1 Å². The number of esters is 6. The van der Waals surface area contributed by atoms with Gasteiger partial charge in [0, 0.05) is 37.5 Å². The van der Waals surface area contributed by atoms with E-state index in [9.17, 15) is 28.8 Å². The highest BCUT2D eigenvalue weighted by molar-refractivity contribution is 5.81. The van der Waals surface area contributed by atoms with Gasteiger partial charge in [0.15, 0.2) is 18.3 Å². The molecule has 1 rings (SSSR count). The van der Waals surface area contributed by atoms with E-state index in [0.29, 0.717) is 38.5 Å². The van der Waals surface area contributed by atoms with Gasteiger partial charge in [-0.25, -0.2) is 14.4 Å². The Hall–Kier alpha value is -4.00. The molecule has 1 unspecified atom stereocenters. The molecule has 0 saturated carbocycles. The summed E-state index contributed by atoms with van der Waals surface area (Å²) in [7, 11) is 0. The van der Waals surface area contributed by atoms with Crippen molar-refractivity contribution in [3.8, 4) is 0 Å². The van der Waals surface area contributed by atoms with Gasteiger partial charge in [-0.15, -0.1) is 0 Å². The molecular formula is C29H40O13. The highest BCUT2D eigenvalue weighted by Gasteiger charge is 2.42. The molecule has 0 amide bonds. The van der Waals surface area contributed by atoms with Gasteiger partial charge in [-0.1, -0.05) is 19.7 Å². The molecule has 1 aliphatic heterocycles. The molecule has 1 heterocycles. The number of ether oxygens (including phenoxy) is 7. The first-order chi connectivity index (χ1) is 20.2. The minimum atomic E-state index is -1.11. The predicted molar refractivity (Wildman–Crippen MR) is 145 cm³/mol. The van der Waals surface area contributed by atoms with Gasteiger partial charge in [0.1, 0.15) is 0 Å². The molecule has 1 fully saturated rings. The lowest BCUT2D eigenvalue weighted by Gasteiger charge is -2.36. The van der Waals surface area contributed by atoms with E-state index in [0.717, 1.165) is 18.2 Å². The van der Waals surface area contributed by atoms with Gasteiger partial charge in [-0.05, 0) is 38.5 Å². The maximum absolute atomic E-state index is 12.6. The van der Waals surface area contributed by atoms with Crippen molar-refractivity contribution < 1.29 is 61.9 Å². The molecule has 0 radical (unpaired) electrons. The molecule has 0 aliphatic carbocycles. The molecule has 0 aromatic heterocycles. The number of unbranched alkanes of at least 4 members (excludes halogenated alkanes) is 3. The van der Waals surface area contributed by atoms with Crippen molar-refractivity contribution >= 4 is 35.8 Å². The van der Waals surface area contributed by atoms with E-state index in [1.54, 1.807) is 0 Å². The molecule has 42 heavy (non-hydrogen) atoms. The average molecular weight is 597 g/mol. The monoisotopic (exact) mass is 596 g/mol. The fourth-order valence-corrected chi connectivity index (χ4v) is 3.56. The lowest BCUT2D eigenvalue weighted by Crippen LogP contribution is -2.53. The van der Waals surface area contributed by atoms with Crippen LogP contribution in [0.15, 0.2) is 38.0 Å². The summed E-state index contributed by atoms with van der Waals surface area (Å²) >= 11 is 0. The molecule has 13 nitrogen and oxygen atoms in total. The van der Waals surface area contributed by atoms with Gasteiger partial charge < -0.3 is 33.2 Å². The van der Waals surface area contributed by atoms with Crippen molar-refractivity contribution in [2.45, 2.75) is 76.1 Å². The van der Waals surface area contributed by atoms with Crippen molar-refractivity contribution in [2.24, 2.45) is 0 Å². The van der Waals surface area contributed by atoms with Crippen molar-refractivity contribution in [1.82, 2.24) is 0 Å². The van der Waals surface area contributed by atoms with Crippen LogP contribution in [-0.2, 0) is 61.9 Å². The van der Waals surface area contributed by atoms with Crippen LogP contribution >= 0.6 is 0 Å². The second-order valence-corrected chi connectivity index (χ2v) is 9.03. The maximum atomic E-state index is 12.6. The average Bonchev–Trinajstić information content (AvgIpc) is 2.97. The Balaban J connectivity index is 2.68. The summed E-state index contributed by atoms with van der Waals surface area (Å²) < 4.78 is 36.7. The third-order valence-electron chi connectivity index (χ3n) is 5.69. The Kier molecular flexibility index (Phi) is 18.6. The molecule has 1 aliphatic rings. The first-order valence-electron chi connectivity index (χ1n) is 13.7. The Morgan fingerprint density at radius 1 is 0.548 bits per heavy atom. The number of hydrogen-bond donors (Lipinski definition) is 0. The molecule has 1 saturated heterocycles. The van der Waals surface area contributed by atoms with E-state index in [2.05, 4.69) is 19.7 Å². The van der Waals surface area contributed by atoms with E-state index in [-0.39, 0.29) is 52.3 Å². The van der Waals surface area contributed by atoms with Crippen LogP contribution in [0.25, 0.3) is 0 Å². The van der Waals surface area contributed by atoms with E-state index in [1.807, 2.05) is 0 Å². The fraction of sp³-hybridized carbons (Fsp3) is 0.586. The summed E-state index contributed by atoms with van der Waals surface area (Å²) in [4.78, 5) is 70.9. The van der Waals surface area contributed by atoms with Crippen molar-refractivity contribution in [1.29, 1.82) is 0 Å². The van der Waals surface area contributed by atoms with Crippen molar-refractivity contribution in [3.05, 3.63) is 38.0 Å². The van der Waals surface area contributed by atoms with Gasteiger partial charge >= 0.3 is 35.8 Å². The summed E-state index contributed by atoms with van der Waals surface area (Å²) in [6, 6.07) is 0. The topological polar surface area (TPSA) is 167 Å². The van der Waals surface area contributed by atoms with Crippen LogP contribution in [0.4, 0.5) is 0 Å². The smallest absolute Gasteiger partial charge is 0.330 e. The van der Waals surface area contributed by atoms with Gasteiger partial charge in [0.2, 0.25) is 0 Å². The quantitative estimate of drug-likeness (QED) is 0.0821. The molecule has 0 bridgehead atoms. The van der Waals surface area contributed by atoms with Gasteiger partial charge in [-0.2, -0.15) is 0 Å². The summed E-state index contributed by atoms with van der Waals surface area (Å²) in [6.45, 7) is 10.1. The largest absolute Gasteiger partial charge is 0.463 e. The zero-order valence-electron chi connectivity index (χ0n) is 23.8. The number of carbonyl (C=O) groups excluding carboxylic acids is 6. The minimum absolute atomic E-state index is 0.00706. The number of rotatable bonds is 21. The lowest BCUT2D eigenvalue weighted by atomic mass is 10.1. The van der Waals surface area contributed by atoms with Gasteiger partial charge in [0.05, 0.1) is 33.0 Å². The summed E-state index contributed by atoms with van der Waals surface area (Å²) in [6.07, 6.45) is 2.30. The van der Waals surface area contributed by atoms with Crippen LogP contribution in [-0.4, -0.2) is 87.2 Å². The molecule has 234 valence electrons. The standard InChI is InChI=1S/C29H40O13/c1-4-23(30)37-16-10-7-13-26(33)40-21-19-36-20-22(41-27(34)14-8-11-17-38-24(31)5-2)29(21)42-28(35)15-9-12-18-39-25(32)6-3/h4-6,21-22,29H,1-3,7-20H2/t21-,22+,29?. The number of carbonyl (C=O) groups is 6. The molecule has 0 spiro atoms. The Bertz CT molecular complexity index is 890. The first kappa shape index (κ1) is 36.0. The Labute approximate surface area is 245 Å². The zero-order chi connectivity index (χ0) is 31.2. The van der Waals surface area contributed by atoms with Crippen molar-refractivity contribution in [2.75, 3.05) is 33.0 Å². The second kappa shape index (κ2) is 21.7. The molecule has 0 N–H and O–H groups in total. The maximum Gasteiger partial charge on any atom is 0.330 e. The highest BCUT2D eigenvalue weighted by atomic mass is 16.6. The third kappa shape index (κ3) is 16.3. The summed E-state index contributed by atoms with van der Waals surface area (Å²) in [5, 5.41) is 0. The van der Waals surface area contributed by atoms with Crippen molar-refractivity contribution in [3.63, 3.8) is 0 Å². The fourth-order valence-electron chi connectivity index (χ4n) is 3.56. The molecule has 3 atom stereocenters. The SMILES string of the molecule is C=CC(=O)OCCCCC(=O)OC1[C@@H](OC(=O)CCCCOC(=O)C=C)COC[C@H]1OC(=O)CCCCOC(=O)C=C. The van der Waals surface area contributed by atoms with E-state index in [4.69, 9.17) is 33.2 Å². The Morgan fingerprint density at radius 3 is 1.21 bits per heavy atom. The summed E-state index contributed by atoms with van der Waals surface area (Å²) in [5.74, 6) is -3.49. The summed E-state index contributed by atoms with van der Waals surface area (Å²) in [5.41, 5.74) is 0. The third-order valence-corrected chi connectivity index (χ3v) is 5.69. The van der Waals surface area contributed by atoms with Gasteiger partial charge in [0.25, 0.3) is 0 Å². The number of hydrogen-bond acceptors (Lipinski definition) is 13. The van der Waals surface area contributed by atoms with Crippen LogP contribution in [0, 0.1) is 0 Å². The second-order valence-electron chi connectivity index (χ2n) is 9.03. The van der Waals surface area contributed by atoms with E-state index >= 15 is 0 Å². The molecule has 0 aromatic rings. The van der Waals surface area contributed by atoms with Crippen LogP contribution in [0.2, 0.25) is 0 Å². The van der Waals surface area contributed by atoms with E-state index in [1.165, 1.54) is 0 Å². The normalized spacial score (nSPS) is 17.6.